The van der Waals surface area contributed by atoms with Crippen LogP contribution in [-0.2, 0) is 9.47 Å². The van der Waals surface area contributed by atoms with Crippen LogP contribution in [0.2, 0.25) is 0 Å². The van der Waals surface area contributed by atoms with E-state index in [-0.39, 0.29) is 17.0 Å². The fourth-order valence-corrected chi connectivity index (χ4v) is 8.44. The summed E-state index contributed by atoms with van der Waals surface area (Å²) in [7, 11) is 0. The average Bonchev–Trinajstić information content (AvgIpc) is 3.05. The Morgan fingerprint density at radius 3 is 2.30 bits per heavy atom. The molecule has 5 aliphatic rings. The number of piperazine rings is 1. The van der Waals surface area contributed by atoms with Gasteiger partial charge in [0.2, 0.25) is 0 Å². The molecule has 1 saturated carbocycles. The van der Waals surface area contributed by atoms with Crippen LogP contribution in [0, 0.1) is 21.8 Å². The van der Waals surface area contributed by atoms with Gasteiger partial charge in [0.15, 0.2) is 5.82 Å². The highest BCUT2D eigenvalue weighted by Gasteiger charge is 2.55. The molecule has 1 amide bonds. The number of anilines is 1. The summed E-state index contributed by atoms with van der Waals surface area (Å²) in [5.74, 6) is 1.91. The van der Waals surface area contributed by atoms with E-state index in [2.05, 4.69) is 62.7 Å². The van der Waals surface area contributed by atoms with E-state index in [4.69, 9.17) is 14.6 Å². The van der Waals surface area contributed by atoms with E-state index in [0.29, 0.717) is 12.1 Å². The minimum Gasteiger partial charge on any atom is -0.444 e. The number of halogens is 1. The molecule has 0 radical (unpaired) electrons. The normalized spacial score (nSPS) is 27.8. The maximum Gasteiger partial charge on any atom is 0.410 e. The number of ether oxygens (including phenoxy) is 2. The van der Waals surface area contributed by atoms with Gasteiger partial charge in [0.05, 0.1) is 34.6 Å². The number of amides is 1. The van der Waals surface area contributed by atoms with Gasteiger partial charge < -0.3 is 24.2 Å². The Balaban J connectivity index is 1.02. The molecule has 4 aliphatic heterocycles. The molecule has 9 nitrogen and oxygen atoms in total. The zero-order valence-corrected chi connectivity index (χ0v) is 27.6. The topological polar surface area (TPSA) is 66.3 Å². The van der Waals surface area contributed by atoms with E-state index >= 15 is 0 Å². The minimum atomic E-state index is -0.440. The van der Waals surface area contributed by atoms with E-state index < -0.39 is 5.60 Å². The molecule has 6 rings (SSSR count). The fourth-order valence-electron chi connectivity index (χ4n) is 7.79. The number of carbonyl (C=O) groups is 1. The quantitative estimate of drug-likeness (QED) is 0.432. The molecule has 5 fully saturated rings. The smallest absolute Gasteiger partial charge is 0.410 e. The van der Waals surface area contributed by atoms with Crippen molar-refractivity contribution >= 4 is 34.5 Å². The lowest BCUT2D eigenvalue weighted by Gasteiger charge is -2.58. The third kappa shape index (κ3) is 5.63. The summed E-state index contributed by atoms with van der Waals surface area (Å²) in [6, 6.07) is 1.09. The van der Waals surface area contributed by atoms with Crippen LogP contribution >= 0.6 is 22.6 Å². The second kappa shape index (κ2) is 10.6. The molecular weight excluding hydrogens is 619 g/mol. The number of rotatable bonds is 5. The van der Waals surface area contributed by atoms with Crippen molar-refractivity contribution in [3.63, 3.8) is 0 Å². The number of hydrogen-bond acceptors (Lipinski definition) is 7. The van der Waals surface area contributed by atoms with Gasteiger partial charge in [-0.05, 0) is 95.7 Å². The third-order valence-electron chi connectivity index (χ3n) is 10.0. The highest BCUT2D eigenvalue weighted by atomic mass is 127. The Hall–Kier alpha value is -1.11. The molecule has 40 heavy (non-hydrogen) atoms. The Labute approximate surface area is 254 Å². The summed E-state index contributed by atoms with van der Waals surface area (Å²) in [6.45, 7) is 23.4. The molecule has 4 saturated heterocycles. The number of hydrogen-bond donors (Lipinski definition) is 0. The zero-order valence-electron chi connectivity index (χ0n) is 25.4. The molecule has 0 aromatic carbocycles. The molecule has 1 spiro atoms. The van der Waals surface area contributed by atoms with Gasteiger partial charge in [0, 0.05) is 63.3 Å². The second-order valence-corrected chi connectivity index (χ2v) is 16.0. The van der Waals surface area contributed by atoms with Crippen molar-refractivity contribution in [1.29, 1.82) is 0 Å². The van der Waals surface area contributed by atoms with Crippen molar-refractivity contribution in [2.24, 2.45) is 11.3 Å². The standard InChI is InChI=1S/C30H49IN6O3/c1-21-25(31)26(32-37(21)23-14-30(15-23)19-35(20-30)27(38)40-28(2,3)4)36-8-7-22(13-29(36,5)6)16-33-9-11-34(12-10-33)24-17-39-18-24/h22-24H,7-20H2,1-6H3/t22-/m1/s1. The van der Waals surface area contributed by atoms with Crippen molar-refractivity contribution in [3.05, 3.63) is 9.26 Å². The molecule has 1 atom stereocenters. The van der Waals surface area contributed by atoms with Gasteiger partial charge in [-0.25, -0.2) is 4.79 Å². The molecular formula is C30H49IN6O3. The van der Waals surface area contributed by atoms with Crippen LogP contribution in [0.15, 0.2) is 0 Å². The lowest BCUT2D eigenvalue weighted by molar-refractivity contribution is -0.0931. The summed E-state index contributed by atoms with van der Waals surface area (Å²) < 4.78 is 14.6. The van der Waals surface area contributed by atoms with Gasteiger partial charge >= 0.3 is 6.09 Å². The van der Waals surface area contributed by atoms with Gasteiger partial charge in [0.25, 0.3) is 0 Å². The first kappa shape index (κ1) is 29.0. The zero-order chi connectivity index (χ0) is 28.4. The summed E-state index contributed by atoms with van der Waals surface area (Å²) in [4.78, 5) is 22.2. The van der Waals surface area contributed by atoms with Crippen molar-refractivity contribution in [3.8, 4) is 0 Å². The van der Waals surface area contributed by atoms with Crippen LogP contribution in [0.5, 0.6) is 0 Å². The van der Waals surface area contributed by atoms with Crippen LogP contribution in [0.4, 0.5) is 10.6 Å². The fraction of sp³-hybridized carbons (Fsp3) is 0.867. The number of piperidine rings is 1. The van der Waals surface area contributed by atoms with E-state index in [9.17, 15) is 4.79 Å². The first-order valence-corrected chi connectivity index (χ1v) is 16.4. The predicted octanol–water partition coefficient (Wildman–Crippen LogP) is 4.38. The Bertz CT molecular complexity index is 1090. The van der Waals surface area contributed by atoms with Gasteiger partial charge in [-0.1, -0.05) is 0 Å². The van der Waals surface area contributed by atoms with Crippen molar-refractivity contribution < 1.29 is 14.3 Å². The van der Waals surface area contributed by atoms with Crippen LogP contribution in [0.3, 0.4) is 0 Å². The highest BCUT2D eigenvalue weighted by Crippen LogP contribution is 2.55. The van der Waals surface area contributed by atoms with E-state index in [1.165, 1.54) is 60.6 Å². The number of nitrogens with zero attached hydrogens (tertiary/aromatic N) is 6. The van der Waals surface area contributed by atoms with Crippen LogP contribution in [0.25, 0.3) is 0 Å². The first-order chi connectivity index (χ1) is 18.8. The maximum absolute atomic E-state index is 12.4. The van der Waals surface area contributed by atoms with Crippen LogP contribution < -0.4 is 4.90 Å². The van der Waals surface area contributed by atoms with Gasteiger partial charge in [-0.2, -0.15) is 5.10 Å². The number of carbonyl (C=O) groups excluding carboxylic acids is 1. The van der Waals surface area contributed by atoms with Crippen molar-refractivity contribution in [1.82, 2.24) is 24.5 Å². The molecule has 5 heterocycles. The molecule has 0 N–H and O–H groups in total. The second-order valence-electron chi connectivity index (χ2n) is 14.9. The molecule has 1 aromatic rings. The van der Waals surface area contributed by atoms with Crippen molar-refractivity contribution in [2.75, 3.05) is 70.5 Å². The monoisotopic (exact) mass is 668 g/mol. The molecule has 224 valence electrons. The highest BCUT2D eigenvalue weighted by molar-refractivity contribution is 14.1. The molecule has 0 bridgehead atoms. The number of aromatic nitrogens is 2. The Morgan fingerprint density at radius 2 is 1.73 bits per heavy atom. The maximum atomic E-state index is 12.4. The Morgan fingerprint density at radius 1 is 1.05 bits per heavy atom. The van der Waals surface area contributed by atoms with Gasteiger partial charge in [0.1, 0.15) is 5.60 Å². The Kier molecular flexibility index (Phi) is 7.65. The molecule has 1 aromatic heterocycles. The molecule has 10 heteroatoms. The lowest BCUT2D eigenvalue weighted by atomic mass is 9.61. The van der Waals surface area contributed by atoms with Crippen molar-refractivity contribution in [2.45, 2.75) is 90.4 Å². The van der Waals surface area contributed by atoms with E-state index in [1.54, 1.807) is 0 Å². The predicted molar refractivity (Wildman–Crippen MR) is 165 cm³/mol. The summed E-state index contributed by atoms with van der Waals surface area (Å²) >= 11 is 2.52. The van der Waals surface area contributed by atoms with E-state index in [1.807, 2.05) is 25.7 Å². The molecule has 0 unspecified atom stereocenters. The summed E-state index contributed by atoms with van der Waals surface area (Å²) in [5.41, 5.74) is 1.18. The average molecular weight is 669 g/mol. The van der Waals surface area contributed by atoms with Crippen LogP contribution in [-0.4, -0.2) is 113 Å². The first-order valence-electron chi connectivity index (χ1n) is 15.4. The lowest BCUT2D eigenvalue weighted by Crippen LogP contribution is -2.64. The minimum absolute atomic E-state index is 0.0856. The summed E-state index contributed by atoms with van der Waals surface area (Å²) in [6.07, 6.45) is 4.45. The third-order valence-corrected chi connectivity index (χ3v) is 11.3. The SMILES string of the molecule is Cc1c(I)c(N2CC[C@@H](CN3CCN(C4COC4)CC3)CC2(C)C)nn1C1CC2(C1)CN(C(=O)OC(C)(C)C)C2. The van der Waals surface area contributed by atoms with Gasteiger partial charge in [-0.3, -0.25) is 9.58 Å². The van der Waals surface area contributed by atoms with Gasteiger partial charge in [-0.15, -0.1) is 0 Å². The summed E-state index contributed by atoms with van der Waals surface area (Å²) in [5, 5.41) is 5.26. The largest absolute Gasteiger partial charge is 0.444 e. The van der Waals surface area contributed by atoms with E-state index in [0.717, 1.165) is 51.6 Å². The van der Waals surface area contributed by atoms with Crippen LogP contribution in [0.1, 0.15) is 72.0 Å². The molecule has 1 aliphatic carbocycles. The number of likely N-dealkylation sites (tertiary alicyclic amines) is 1.